The predicted octanol–water partition coefficient (Wildman–Crippen LogP) is 13.7. The Morgan fingerprint density at radius 1 is 0.345 bits per heavy atom. The first kappa shape index (κ1) is 30.7. The van der Waals surface area contributed by atoms with Crippen molar-refractivity contribution in [3.63, 3.8) is 0 Å². The lowest BCUT2D eigenvalue weighted by Crippen LogP contribution is -2.02. The Morgan fingerprint density at radius 3 is 1.51 bits per heavy atom. The number of fused-ring (bicyclic) bond motifs is 9. The number of benzene rings is 8. The van der Waals surface area contributed by atoms with E-state index in [0.29, 0.717) is 11.4 Å². The molecule has 0 radical (unpaired) electrons. The molecule has 11 rings (SSSR count). The number of nitrogens with zero attached hydrogens (tertiary/aromatic N) is 5. The van der Waals surface area contributed by atoms with Crippen LogP contribution in [-0.2, 0) is 0 Å². The van der Waals surface area contributed by atoms with Gasteiger partial charge in [0.25, 0.3) is 0 Å². The van der Waals surface area contributed by atoms with Crippen LogP contribution in [-0.4, -0.2) is 13.7 Å². The SMILES string of the molecule is [C-]#[N+]c1ccc2c3ccccc3n(-c3c([N+]#[C-])cccc3-c3ccccc3-n3c4ccccc4c4c(-n5c6ccccc6c6ccccc65)cccc43)c2c1. The summed E-state index contributed by atoms with van der Waals surface area (Å²) in [6.07, 6.45) is 0. The van der Waals surface area contributed by atoms with Crippen LogP contribution >= 0.6 is 0 Å². The molecule has 5 heteroatoms. The molecule has 5 nitrogen and oxygen atoms in total. The van der Waals surface area contributed by atoms with E-state index in [0.717, 1.165) is 66.4 Å². The highest BCUT2D eigenvalue weighted by atomic mass is 15.0. The van der Waals surface area contributed by atoms with Gasteiger partial charge in [0.2, 0.25) is 5.69 Å². The second kappa shape index (κ2) is 11.8. The van der Waals surface area contributed by atoms with Gasteiger partial charge in [0.1, 0.15) is 0 Å². The lowest BCUT2D eigenvalue weighted by molar-refractivity contribution is 1.16. The molecule has 55 heavy (non-hydrogen) atoms. The van der Waals surface area contributed by atoms with Gasteiger partial charge in [-0.05, 0) is 54.1 Å². The quantitative estimate of drug-likeness (QED) is 0.163. The average Bonchev–Trinajstić information content (AvgIpc) is 3.89. The summed E-state index contributed by atoms with van der Waals surface area (Å²) in [5.41, 5.74) is 12.4. The minimum absolute atomic E-state index is 0.541. The Hall–Kier alpha value is -7.86. The Bertz CT molecular complexity index is 3420. The van der Waals surface area contributed by atoms with Crippen LogP contribution in [0.4, 0.5) is 11.4 Å². The summed E-state index contributed by atoms with van der Waals surface area (Å²) in [5.74, 6) is 0. The minimum atomic E-state index is 0.541. The zero-order valence-electron chi connectivity index (χ0n) is 29.5. The first-order valence-electron chi connectivity index (χ1n) is 18.3. The molecule has 0 aliphatic rings. The molecule has 254 valence electrons. The zero-order valence-corrected chi connectivity index (χ0v) is 29.5. The fourth-order valence-electron chi connectivity index (χ4n) is 8.87. The molecule has 0 fully saturated rings. The lowest BCUT2D eigenvalue weighted by Gasteiger charge is -2.20. The smallest absolute Gasteiger partial charge is 0.211 e. The fourth-order valence-corrected chi connectivity index (χ4v) is 8.87. The molecule has 3 heterocycles. The number of hydrogen-bond acceptors (Lipinski definition) is 0. The number of aromatic nitrogens is 3. The largest absolute Gasteiger partial charge is 0.320 e. The van der Waals surface area contributed by atoms with Crippen molar-refractivity contribution >= 4 is 76.8 Å². The standard InChI is InChI=1S/C50H29N5/c1-51-32-29-30-37-35-17-5-11-25-44(35)55(48(37)31-32)50-38(20-13-21-40(50)52-2)36-18-6-10-24-43(36)54-45-26-12-7-19-39(45)49-46(27-14-28-47(49)54)53-41-22-8-3-15-33(41)34-16-4-9-23-42(34)53/h3-31H. The van der Waals surface area contributed by atoms with Crippen molar-refractivity contribution in [3.05, 3.63) is 199 Å². The van der Waals surface area contributed by atoms with E-state index in [1.165, 1.54) is 27.2 Å². The Labute approximate surface area is 316 Å². The van der Waals surface area contributed by atoms with Crippen LogP contribution in [0.25, 0.3) is 103 Å². The van der Waals surface area contributed by atoms with E-state index in [1.54, 1.807) is 0 Å². The molecule has 0 saturated heterocycles. The van der Waals surface area contributed by atoms with Gasteiger partial charge in [-0.1, -0.05) is 127 Å². The van der Waals surface area contributed by atoms with Crippen LogP contribution in [0.3, 0.4) is 0 Å². The maximum Gasteiger partial charge on any atom is 0.211 e. The van der Waals surface area contributed by atoms with Gasteiger partial charge < -0.3 is 13.7 Å². The van der Waals surface area contributed by atoms with E-state index in [2.05, 4.69) is 157 Å². The van der Waals surface area contributed by atoms with Crippen LogP contribution in [0.1, 0.15) is 0 Å². The molecule has 11 aromatic rings. The zero-order chi connectivity index (χ0) is 36.6. The molecule has 0 bridgehead atoms. The summed E-state index contributed by atoms with van der Waals surface area (Å²) >= 11 is 0. The van der Waals surface area contributed by atoms with Crippen molar-refractivity contribution < 1.29 is 0 Å². The highest BCUT2D eigenvalue weighted by Crippen LogP contribution is 2.45. The third kappa shape index (κ3) is 4.33. The van der Waals surface area contributed by atoms with E-state index in [-0.39, 0.29) is 0 Å². The molecular weight excluding hydrogens is 671 g/mol. The summed E-state index contributed by atoms with van der Waals surface area (Å²) in [5, 5.41) is 6.91. The van der Waals surface area contributed by atoms with Crippen molar-refractivity contribution in [1.29, 1.82) is 0 Å². The van der Waals surface area contributed by atoms with E-state index >= 15 is 0 Å². The van der Waals surface area contributed by atoms with Gasteiger partial charge in [0.15, 0.2) is 5.69 Å². The molecule has 0 spiro atoms. The average molecular weight is 700 g/mol. The summed E-state index contributed by atoms with van der Waals surface area (Å²) in [6, 6.07) is 61.3. The third-order valence-corrected chi connectivity index (χ3v) is 11.1. The monoisotopic (exact) mass is 699 g/mol. The van der Waals surface area contributed by atoms with E-state index < -0.39 is 0 Å². The van der Waals surface area contributed by atoms with Crippen molar-refractivity contribution in [2.24, 2.45) is 0 Å². The second-order valence-electron chi connectivity index (χ2n) is 13.9. The highest BCUT2D eigenvalue weighted by molar-refractivity contribution is 6.17. The second-order valence-corrected chi connectivity index (χ2v) is 13.9. The van der Waals surface area contributed by atoms with Gasteiger partial charge in [-0.2, -0.15) is 0 Å². The molecule has 0 N–H and O–H groups in total. The molecule has 0 unspecified atom stereocenters. The topological polar surface area (TPSA) is 23.5 Å². The maximum atomic E-state index is 8.41. The molecular formula is C50H29N5. The maximum absolute atomic E-state index is 8.41. The molecule has 0 aliphatic carbocycles. The van der Waals surface area contributed by atoms with E-state index in [4.69, 9.17) is 13.1 Å². The predicted molar refractivity (Wildman–Crippen MR) is 227 cm³/mol. The van der Waals surface area contributed by atoms with Crippen molar-refractivity contribution in [2.75, 3.05) is 0 Å². The van der Waals surface area contributed by atoms with Gasteiger partial charge in [-0.3, -0.25) is 0 Å². The number of rotatable bonds is 4. The van der Waals surface area contributed by atoms with E-state index in [1.807, 2.05) is 42.5 Å². The van der Waals surface area contributed by atoms with Gasteiger partial charge in [-0.25, -0.2) is 9.69 Å². The van der Waals surface area contributed by atoms with Gasteiger partial charge >= 0.3 is 0 Å². The van der Waals surface area contributed by atoms with Gasteiger partial charge in [-0.15, -0.1) is 0 Å². The first-order chi connectivity index (χ1) is 27.2. The first-order valence-corrected chi connectivity index (χ1v) is 18.3. The molecule has 3 aromatic heterocycles. The normalized spacial score (nSPS) is 11.6. The summed E-state index contributed by atoms with van der Waals surface area (Å²) in [7, 11) is 0. The van der Waals surface area contributed by atoms with Crippen LogP contribution in [0.15, 0.2) is 176 Å². The fraction of sp³-hybridized carbons (Fsp3) is 0. The van der Waals surface area contributed by atoms with Crippen molar-refractivity contribution in [1.82, 2.24) is 13.7 Å². The minimum Gasteiger partial charge on any atom is -0.320 e. The van der Waals surface area contributed by atoms with Gasteiger partial charge in [0, 0.05) is 43.4 Å². The summed E-state index contributed by atoms with van der Waals surface area (Å²) in [6.45, 7) is 16.2. The molecule has 0 atom stereocenters. The molecule has 0 saturated carbocycles. The van der Waals surface area contributed by atoms with Crippen LogP contribution < -0.4 is 0 Å². The molecule has 8 aromatic carbocycles. The Balaban J connectivity index is 1.24. The van der Waals surface area contributed by atoms with Crippen LogP contribution in [0, 0.1) is 13.1 Å². The number of para-hydroxylation sites is 6. The van der Waals surface area contributed by atoms with Crippen molar-refractivity contribution in [3.8, 4) is 28.2 Å². The molecule has 0 aliphatic heterocycles. The summed E-state index contributed by atoms with van der Waals surface area (Å²) < 4.78 is 6.98. The van der Waals surface area contributed by atoms with Crippen LogP contribution in [0.5, 0.6) is 0 Å². The Kier molecular flexibility index (Phi) is 6.61. The Morgan fingerprint density at radius 2 is 0.836 bits per heavy atom. The third-order valence-electron chi connectivity index (χ3n) is 11.1. The number of hydrogen-bond donors (Lipinski definition) is 0. The lowest BCUT2D eigenvalue weighted by atomic mass is 9.99. The van der Waals surface area contributed by atoms with Crippen molar-refractivity contribution in [2.45, 2.75) is 0 Å². The van der Waals surface area contributed by atoms with Crippen LogP contribution in [0.2, 0.25) is 0 Å². The highest BCUT2D eigenvalue weighted by Gasteiger charge is 2.24. The summed E-state index contributed by atoms with van der Waals surface area (Å²) in [4.78, 5) is 7.89. The molecule has 0 amide bonds. The van der Waals surface area contributed by atoms with E-state index in [9.17, 15) is 0 Å². The van der Waals surface area contributed by atoms with Gasteiger partial charge in [0.05, 0.1) is 57.8 Å².